The van der Waals surface area contributed by atoms with Crippen molar-refractivity contribution < 1.29 is 34.0 Å². The van der Waals surface area contributed by atoms with Crippen molar-refractivity contribution in [2.75, 3.05) is 14.2 Å². The predicted octanol–water partition coefficient (Wildman–Crippen LogP) is 1.31. The lowest BCUT2D eigenvalue weighted by atomic mass is 9.37. The Labute approximate surface area is 171 Å². The highest BCUT2D eigenvalue weighted by Gasteiger charge is 2.75. The first-order valence-corrected chi connectivity index (χ1v) is 10.4. The number of carbonyl (C=O) groups is 2. The predicted molar refractivity (Wildman–Crippen MR) is 102 cm³/mol. The van der Waals surface area contributed by atoms with Crippen LogP contribution in [0.5, 0.6) is 0 Å². The Bertz CT molecular complexity index is 762. The maximum Gasteiger partial charge on any atom is 0.306 e. The van der Waals surface area contributed by atoms with E-state index in [-0.39, 0.29) is 41.7 Å². The molecule has 3 aliphatic carbocycles. The second kappa shape index (κ2) is 6.53. The number of allylic oxidation sites excluding steroid dienone is 2. The highest BCUT2D eigenvalue weighted by molar-refractivity contribution is 6.00. The number of esters is 1. The summed E-state index contributed by atoms with van der Waals surface area (Å²) in [5, 5.41) is 22.9. The molecule has 0 unspecified atom stereocenters. The minimum Gasteiger partial charge on any atom is -0.493 e. The van der Waals surface area contributed by atoms with Gasteiger partial charge < -0.3 is 24.4 Å². The van der Waals surface area contributed by atoms with Crippen LogP contribution in [0.3, 0.4) is 0 Å². The lowest BCUT2D eigenvalue weighted by Crippen LogP contribution is -2.77. The number of rotatable bonds is 2. The van der Waals surface area contributed by atoms with Crippen LogP contribution in [0.15, 0.2) is 11.8 Å². The van der Waals surface area contributed by atoms with Crippen LogP contribution in [0.1, 0.15) is 34.1 Å². The second-order valence-corrected chi connectivity index (χ2v) is 9.84. The Kier molecular flexibility index (Phi) is 4.69. The fraction of sp³-hybridized carbons (Fsp3) is 0.818. The minimum absolute atomic E-state index is 0.132. The third kappa shape index (κ3) is 2.35. The van der Waals surface area contributed by atoms with Gasteiger partial charge in [-0.25, -0.2) is 0 Å². The fourth-order valence-electron chi connectivity index (χ4n) is 7.72. The molecule has 0 aromatic carbocycles. The number of ketones is 1. The molecule has 0 aromatic rings. The fourth-order valence-corrected chi connectivity index (χ4v) is 7.72. The van der Waals surface area contributed by atoms with Gasteiger partial charge in [-0.15, -0.1) is 0 Å². The van der Waals surface area contributed by atoms with E-state index in [1.807, 2.05) is 27.7 Å². The van der Waals surface area contributed by atoms with Gasteiger partial charge >= 0.3 is 5.97 Å². The van der Waals surface area contributed by atoms with E-state index in [0.29, 0.717) is 0 Å². The van der Waals surface area contributed by atoms with Gasteiger partial charge in [0.05, 0.1) is 25.4 Å². The normalized spacial score (nSPS) is 54.1. The maximum atomic E-state index is 13.6. The molecule has 29 heavy (non-hydrogen) atoms. The summed E-state index contributed by atoms with van der Waals surface area (Å²) in [5.74, 6) is -1.88. The summed E-state index contributed by atoms with van der Waals surface area (Å²) >= 11 is 0. The standard InChI is InChI=1S/C22H32O7/c1-9-7-12(27-5)19(26)22(4)14(9)15(24)20-21(3)11(8-13(23)29-20)10(2)17(28-6)16(25)18(21)22/h7,9-11,14-18,20,24-25H,8H2,1-6H3/t9-,10-,11+,14-,15-,16-,17+,18+,20-,21+,22+/m1/s1. The molecule has 7 nitrogen and oxygen atoms in total. The van der Waals surface area contributed by atoms with E-state index < -0.39 is 47.1 Å². The number of ether oxygens (including phenoxy) is 3. The molecule has 11 atom stereocenters. The molecule has 1 heterocycles. The number of Topliss-reactive ketones (excluding diaryl/α,β-unsaturated/α-hetero) is 1. The summed E-state index contributed by atoms with van der Waals surface area (Å²) in [5.41, 5.74) is -1.85. The SMILES string of the molecule is COC1=C[C@@H](C)[C@@H]2[C@@H](O)[C@H]3OC(=O)C[C@H]4[C@@H](C)[C@H](OC)[C@@H](O)[C@H]([C@@]2(C)C1=O)[C@@]34C. The molecule has 0 bridgehead atoms. The van der Waals surface area contributed by atoms with E-state index in [4.69, 9.17) is 14.2 Å². The first kappa shape index (κ1) is 20.8. The van der Waals surface area contributed by atoms with Crippen molar-refractivity contribution in [3.63, 3.8) is 0 Å². The number of methoxy groups -OCH3 is 2. The van der Waals surface area contributed by atoms with Gasteiger partial charge in [-0.1, -0.05) is 27.7 Å². The van der Waals surface area contributed by atoms with Crippen LogP contribution in [0.25, 0.3) is 0 Å². The Hall–Kier alpha value is -1.44. The summed E-state index contributed by atoms with van der Waals surface area (Å²) in [6, 6.07) is 0. The molecule has 0 radical (unpaired) electrons. The molecular formula is C22H32O7. The van der Waals surface area contributed by atoms with Crippen molar-refractivity contribution in [3.8, 4) is 0 Å². The van der Waals surface area contributed by atoms with Crippen LogP contribution in [-0.4, -0.2) is 60.6 Å². The molecule has 0 aromatic heterocycles. The third-order valence-corrected chi connectivity index (χ3v) is 8.76. The van der Waals surface area contributed by atoms with Crippen molar-refractivity contribution in [1.82, 2.24) is 0 Å². The van der Waals surface area contributed by atoms with Gasteiger partial charge in [0.2, 0.25) is 5.78 Å². The van der Waals surface area contributed by atoms with Crippen LogP contribution in [0.2, 0.25) is 0 Å². The second-order valence-electron chi connectivity index (χ2n) is 9.84. The summed E-state index contributed by atoms with van der Waals surface area (Å²) in [6.45, 7) is 7.68. The minimum atomic E-state index is -1.08. The molecule has 2 saturated carbocycles. The molecule has 1 saturated heterocycles. The van der Waals surface area contributed by atoms with Crippen LogP contribution in [0.4, 0.5) is 0 Å². The molecule has 0 spiro atoms. The first-order valence-electron chi connectivity index (χ1n) is 10.4. The number of aliphatic hydroxyl groups excluding tert-OH is 2. The van der Waals surface area contributed by atoms with Crippen molar-refractivity contribution in [1.29, 1.82) is 0 Å². The van der Waals surface area contributed by atoms with E-state index in [2.05, 4.69) is 0 Å². The van der Waals surface area contributed by atoms with E-state index in [0.717, 1.165) is 0 Å². The number of carbonyl (C=O) groups excluding carboxylic acids is 2. The van der Waals surface area contributed by atoms with Gasteiger partial charge in [0, 0.05) is 36.2 Å². The van der Waals surface area contributed by atoms with Gasteiger partial charge in [0.1, 0.15) is 6.10 Å². The molecule has 4 aliphatic rings. The van der Waals surface area contributed by atoms with Crippen LogP contribution in [-0.2, 0) is 23.8 Å². The first-order chi connectivity index (χ1) is 13.5. The highest BCUT2D eigenvalue weighted by Crippen LogP contribution is 2.68. The molecule has 162 valence electrons. The molecule has 4 rings (SSSR count). The zero-order chi connectivity index (χ0) is 21.5. The summed E-state index contributed by atoms with van der Waals surface area (Å²) < 4.78 is 16.8. The third-order valence-electron chi connectivity index (χ3n) is 8.76. The Morgan fingerprint density at radius 1 is 1.14 bits per heavy atom. The van der Waals surface area contributed by atoms with E-state index in [1.54, 1.807) is 13.2 Å². The maximum absolute atomic E-state index is 13.6. The molecule has 0 amide bonds. The molecule has 2 N–H and O–H groups in total. The summed E-state index contributed by atoms with van der Waals surface area (Å²) in [4.78, 5) is 26.1. The van der Waals surface area contributed by atoms with E-state index >= 15 is 0 Å². The quantitative estimate of drug-likeness (QED) is 0.664. The van der Waals surface area contributed by atoms with Gasteiger partial charge in [-0.05, 0) is 23.8 Å². The monoisotopic (exact) mass is 408 g/mol. The molecule has 1 aliphatic heterocycles. The zero-order valence-electron chi connectivity index (χ0n) is 17.9. The van der Waals surface area contributed by atoms with Gasteiger partial charge in [0.25, 0.3) is 0 Å². The smallest absolute Gasteiger partial charge is 0.306 e. The highest BCUT2D eigenvalue weighted by atomic mass is 16.6. The summed E-state index contributed by atoms with van der Waals surface area (Å²) in [6.07, 6.45) is -1.34. The Balaban J connectivity index is 1.97. The van der Waals surface area contributed by atoms with E-state index in [1.165, 1.54) is 7.11 Å². The average Bonchev–Trinajstić information content (AvgIpc) is 2.65. The lowest BCUT2D eigenvalue weighted by Gasteiger charge is -2.69. The van der Waals surface area contributed by atoms with Crippen LogP contribution < -0.4 is 0 Å². The summed E-state index contributed by atoms with van der Waals surface area (Å²) in [7, 11) is 3.02. The largest absolute Gasteiger partial charge is 0.493 e. The molecule has 7 heteroatoms. The average molecular weight is 408 g/mol. The number of hydrogen-bond donors (Lipinski definition) is 2. The Morgan fingerprint density at radius 3 is 2.38 bits per heavy atom. The van der Waals surface area contributed by atoms with Gasteiger partial charge in [-0.3, -0.25) is 9.59 Å². The number of fused-ring (bicyclic) bond motifs is 2. The number of hydrogen-bond acceptors (Lipinski definition) is 7. The van der Waals surface area contributed by atoms with Crippen molar-refractivity contribution >= 4 is 11.8 Å². The van der Waals surface area contributed by atoms with Crippen LogP contribution >= 0.6 is 0 Å². The number of aliphatic hydroxyl groups is 2. The van der Waals surface area contributed by atoms with Crippen LogP contribution in [0, 0.1) is 40.4 Å². The van der Waals surface area contributed by atoms with E-state index in [9.17, 15) is 19.8 Å². The van der Waals surface area contributed by atoms with Crippen molar-refractivity contribution in [2.24, 2.45) is 40.4 Å². The van der Waals surface area contributed by atoms with Crippen molar-refractivity contribution in [3.05, 3.63) is 11.8 Å². The zero-order valence-corrected chi connectivity index (χ0v) is 17.9. The van der Waals surface area contributed by atoms with Crippen molar-refractivity contribution in [2.45, 2.75) is 58.5 Å². The van der Waals surface area contributed by atoms with Gasteiger partial charge in [0.15, 0.2) is 5.76 Å². The Morgan fingerprint density at radius 2 is 1.79 bits per heavy atom. The molecule has 3 fully saturated rings. The topological polar surface area (TPSA) is 102 Å². The molecular weight excluding hydrogens is 376 g/mol. The lowest BCUT2D eigenvalue weighted by molar-refractivity contribution is -0.304. The van der Waals surface area contributed by atoms with Gasteiger partial charge in [-0.2, -0.15) is 0 Å².